The van der Waals surface area contributed by atoms with Gasteiger partial charge in [-0.2, -0.15) is 0 Å². The van der Waals surface area contributed by atoms with Crippen molar-refractivity contribution in [3.05, 3.63) is 0 Å². The van der Waals surface area contributed by atoms with Crippen LogP contribution in [0.5, 0.6) is 0 Å². The molecule has 0 aromatic heterocycles. The van der Waals surface area contributed by atoms with E-state index in [9.17, 15) is 4.79 Å². The van der Waals surface area contributed by atoms with E-state index in [2.05, 4.69) is 43.2 Å². The number of rotatable bonds is 8. The highest BCUT2D eigenvalue weighted by Crippen LogP contribution is 2.17. The highest BCUT2D eigenvalue weighted by atomic mass is 16.2. The lowest BCUT2D eigenvalue weighted by molar-refractivity contribution is -0.133. The van der Waals surface area contributed by atoms with Gasteiger partial charge in [-0.05, 0) is 26.7 Å². The fourth-order valence-corrected chi connectivity index (χ4v) is 2.82. The van der Waals surface area contributed by atoms with E-state index in [-0.39, 0.29) is 5.91 Å². The van der Waals surface area contributed by atoms with Gasteiger partial charge in [-0.25, -0.2) is 0 Å². The maximum absolute atomic E-state index is 12.6. The van der Waals surface area contributed by atoms with Crippen LogP contribution < -0.4 is 10.6 Å². The Labute approximate surface area is 124 Å². The molecule has 0 radical (unpaired) electrons. The van der Waals surface area contributed by atoms with E-state index in [1.54, 1.807) is 0 Å². The molecule has 0 aromatic rings. The van der Waals surface area contributed by atoms with Crippen molar-refractivity contribution < 1.29 is 4.79 Å². The van der Waals surface area contributed by atoms with Crippen LogP contribution in [0.15, 0.2) is 0 Å². The van der Waals surface area contributed by atoms with E-state index < -0.39 is 5.54 Å². The summed E-state index contributed by atoms with van der Waals surface area (Å²) in [7, 11) is 0. The summed E-state index contributed by atoms with van der Waals surface area (Å²) < 4.78 is 0. The molecule has 1 unspecified atom stereocenters. The molecule has 0 aromatic carbocycles. The summed E-state index contributed by atoms with van der Waals surface area (Å²) in [6, 6.07) is 0.342. The molecule has 1 heterocycles. The number of hydrogen-bond acceptors (Lipinski definition) is 3. The van der Waals surface area contributed by atoms with E-state index in [1.165, 1.54) is 12.8 Å². The molecule has 20 heavy (non-hydrogen) atoms. The molecular formula is C16H33N3O. The van der Waals surface area contributed by atoms with Gasteiger partial charge in [0.2, 0.25) is 5.91 Å². The Kier molecular flexibility index (Phi) is 7.52. The molecule has 1 fully saturated rings. The number of piperazine rings is 1. The average molecular weight is 283 g/mol. The molecule has 0 aliphatic carbocycles. The minimum atomic E-state index is -0.402. The van der Waals surface area contributed by atoms with Gasteiger partial charge in [-0.15, -0.1) is 0 Å². The van der Waals surface area contributed by atoms with E-state index in [0.717, 1.165) is 45.4 Å². The zero-order valence-corrected chi connectivity index (χ0v) is 13.8. The normalized spacial score (nSPS) is 18.8. The number of hydrogen-bond donors (Lipinski definition) is 2. The van der Waals surface area contributed by atoms with Crippen molar-refractivity contribution in [1.82, 2.24) is 15.5 Å². The SMILES string of the molecule is CCCCC(CCC)NC(=O)C(C)(C)N1CCNCC1. The first-order valence-electron chi connectivity index (χ1n) is 8.29. The molecule has 0 spiro atoms. The number of unbranched alkanes of at least 4 members (excludes halogenated alkanes) is 1. The first-order valence-corrected chi connectivity index (χ1v) is 8.29. The standard InChI is InChI=1S/C16H33N3O/c1-5-7-9-14(8-6-2)18-15(20)16(3,4)19-12-10-17-11-13-19/h14,17H,5-13H2,1-4H3,(H,18,20). The minimum Gasteiger partial charge on any atom is -0.352 e. The van der Waals surface area contributed by atoms with Crippen LogP contribution in [0.1, 0.15) is 59.8 Å². The molecule has 118 valence electrons. The van der Waals surface area contributed by atoms with Crippen LogP contribution in [0.25, 0.3) is 0 Å². The lowest BCUT2D eigenvalue weighted by Gasteiger charge is -2.40. The number of carbonyl (C=O) groups is 1. The van der Waals surface area contributed by atoms with Crippen molar-refractivity contribution in [1.29, 1.82) is 0 Å². The molecule has 1 aliphatic heterocycles. The molecule has 2 N–H and O–H groups in total. The first kappa shape index (κ1) is 17.4. The maximum Gasteiger partial charge on any atom is 0.240 e. The zero-order chi connectivity index (χ0) is 15.0. The summed E-state index contributed by atoms with van der Waals surface area (Å²) in [6.45, 7) is 12.4. The van der Waals surface area contributed by atoms with E-state index >= 15 is 0 Å². The molecule has 1 rings (SSSR count). The average Bonchev–Trinajstić information content (AvgIpc) is 2.45. The summed E-state index contributed by atoms with van der Waals surface area (Å²) in [5.41, 5.74) is -0.402. The molecule has 1 saturated heterocycles. The molecule has 4 heteroatoms. The monoisotopic (exact) mass is 283 g/mol. The molecule has 1 aliphatic rings. The van der Waals surface area contributed by atoms with Crippen molar-refractivity contribution in [3.63, 3.8) is 0 Å². The van der Waals surface area contributed by atoms with Crippen LogP contribution in [-0.4, -0.2) is 48.6 Å². The molecular weight excluding hydrogens is 250 g/mol. The second-order valence-electron chi connectivity index (χ2n) is 6.40. The van der Waals surface area contributed by atoms with Crippen molar-refractivity contribution in [2.45, 2.75) is 71.4 Å². The Hall–Kier alpha value is -0.610. The zero-order valence-electron chi connectivity index (χ0n) is 13.8. The smallest absolute Gasteiger partial charge is 0.240 e. The minimum absolute atomic E-state index is 0.189. The molecule has 0 saturated carbocycles. The second-order valence-corrected chi connectivity index (χ2v) is 6.40. The number of carbonyl (C=O) groups excluding carboxylic acids is 1. The Balaban J connectivity index is 2.56. The highest BCUT2D eigenvalue weighted by molar-refractivity contribution is 5.85. The summed E-state index contributed by atoms with van der Waals surface area (Å²) in [6.07, 6.45) is 5.70. The lowest BCUT2D eigenvalue weighted by atomic mass is 9.98. The predicted molar refractivity (Wildman–Crippen MR) is 84.9 cm³/mol. The topological polar surface area (TPSA) is 44.4 Å². The van der Waals surface area contributed by atoms with Crippen LogP contribution in [0.3, 0.4) is 0 Å². The third kappa shape index (κ3) is 5.06. The van der Waals surface area contributed by atoms with Gasteiger partial charge in [-0.1, -0.05) is 33.1 Å². The van der Waals surface area contributed by atoms with Gasteiger partial charge in [0.05, 0.1) is 5.54 Å². The molecule has 0 bridgehead atoms. The predicted octanol–water partition coefficient (Wildman–Crippen LogP) is 2.15. The first-order chi connectivity index (χ1) is 9.52. The summed E-state index contributed by atoms with van der Waals surface area (Å²) in [4.78, 5) is 14.9. The van der Waals surface area contributed by atoms with Gasteiger partial charge in [0, 0.05) is 32.2 Å². The molecule has 4 nitrogen and oxygen atoms in total. The lowest BCUT2D eigenvalue weighted by Crippen LogP contribution is -2.61. The third-order valence-electron chi connectivity index (χ3n) is 4.34. The molecule has 1 amide bonds. The largest absolute Gasteiger partial charge is 0.352 e. The Morgan fingerprint density at radius 2 is 1.85 bits per heavy atom. The van der Waals surface area contributed by atoms with Crippen LogP contribution in [-0.2, 0) is 4.79 Å². The second kappa shape index (κ2) is 8.63. The Morgan fingerprint density at radius 1 is 1.20 bits per heavy atom. The van der Waals surface area contributed by atoms with Crippen molar-refractivity contribution in [2.24, 2.45) is 0 Å². The summed E-state index contributed by atoms with van der Waals surface area (Å²) >= 11 is 0. The Morgan fingerprint density at radius 3 is 2.40 bits per heavy atom. The van der Waals surface area contributed by atoms with E-state index in [4.69, 9.17) is 0 Å². The van der Waals surface area contributed by atoms with Gasteiger partial charge in [0.1, 0.15) is 0 Å². The van der Waals surface area contributed by atoms with Gasteiger partial charge < -0.3 is 10.6 Å². The van der Waals surface area contributed by atoms with Crippen molar-refractivity contribution in [3.8, 4) is 0 Å². The van der Waals surface area contributed by atoms with Crippen LogP contribution in [0.2, 0.25) is 0 Å². The fourth-order valence-electron chi connectivity index (χ4n) is 2.82. The van der Waals surface area contributed by atoms with Crippen LogP contribution in [0.4, 0.5) is 0 Å². The van der Waals surface area contributed by atoms with Gasteiger partial charge >= 0.3 is 0 Å². The number of nitrogens with one attached hydrogen (secondary N) is 2. The van der Waals surface area contributed by atoms with Crippen LogP contribution in [0, 0.1) is 0 Å². The highest BCUT2D eigenvalue weighted by Gasteiger charge is 2.35. The third-order valence-corrected chi connectivity index (χ3v) is 4.34. The van der Waals surface area contributed by atoms with Crippen molar-refractivity contribution in [2.75, 3.05) is 26.2 Å². The summed E-state index contributed by atoms with van der Waals surface area (Å²) in [5, 5.41) is 6.63. The Bertz CT molecular complexity index is 285. The number of amides is 1. The quantitative estimate of drug-likeness (QED) is 0.717. The molecule has 1 atom stereocenters. The maximum atomic E-state index is 12.6. The number of nitrogens with zero attached hydrogens (tertiary/aromatic N) is 1. The van der Waals surface area contributed by atoms with Crippen molar-refractivity contribution >= 4 is 5.91 Å². The van der Waals surface area contributed by atoms with E-state index in [0.29, 0.717) is 6.04 Å². The van der Waals surface area contributed by atoms with Gasteiger partial charge in [0.15, 0.2) is 0 Å². The van der Waals surface area contributed by atoms with E-state index in [1.807, 2.05) is 0 Å². The summed E-state index contributed by atoms with van der Waals surface area (Å²) in [5.74, 6) is 0.189. The van der Waals surface area contributed by atoms with Gasteiger partial charge in [-0.3, -0.25) is 9.69 Å². The fraction of sp³-hybridized carbons (Fsp3) is 0.938. The van der Waals surface area contributed by atoms with Crippen LogP contribution >= 0.6 is 0 Å². The van der Waals surface area contributed by atoms with Gasteiger partial charge in [0.25, 0.3) is 0 Å².